The standard InChI is InChI=1S/C13H22N4O2S/c1-10(17(2)12-4-5-12)8-16-20(18,19)13-6-3-11(7-14)9-15-13/h3,6,9-10,12,16H,4-5,7-8,14H2,1-2H3. The smallest absolute Gasteiger partial charge is 0.258 e. The number of nitrogens with two attached hydrogens (primary N) is 1. The minimum absolute atomic E-state index is 0.0379. The maximum Gasteiger partial charge on any atom is 0.258 e. The van der Waals surface area contributed by atoms with E-state index in [1.165, 1.54) is 25.1 Å². The van der Waals surface area contributed by atoms with Gasteiger partial charge in [-0.05, 0) is 38.4 Å². The molecule has 112 valence electrons. The molecular formula is C13H22N4O2S. The van der Waals surface area contributed by atoms with Gasteiger partial charge in [0, 0.05) is 31.4 Å². The van der Waals surface area contributed by atoms with Crippen LogP contribution in [-0.4, -0.2) is 44.0 Å². The van der Waals surface area contributed by atoms with Crippen molar-refractivity contribution in [3.8, 4) is 0 Å². The van der Waals surface area contributed by atoms with Crippen LogP contribution in [0, 0.1) is 0 Å². The van der Waals surface area contributed by atoms with Gasteiger partial charge in [0.2, 0.25) is 0 Å². The number of hydrogen-bond acceptors (Lipinski definition) is 5. The van der Waals surface area contributed by atoms with Crippen LogP contribution in [-0.2, 0) is 16.6 Å². The quantitative estimate of drug-likeness (QED) is 0.756. The molecule has 0 bridgehead atoms. The molecule has 1 aliphatic carbocycles. The van der Waals surface area contributed by atoms with Crippen molar-refractivity contribution in [3.63, 3.8) is 0 Å². The Kier molecular flexibility index (Phi) is 4.74. The Labute approximate surface area is 120 Å². The molecule has 6 nitrogen and oxygen atoms in total. The summed E-state index contributed by atoms with van der Waals surface area (Å²) in [6.07, 6.45) is 3.90. The van der Waals surface area contributed by atoms with Gasteiger partial charge in [0.1, 0.15) is 0 Å². The van der Waals surface area contributed by atoms with E-state index in [2.05, 4.69) is 14.6 Å². The van der Waals surface area contributed by atoms with E-state index in [9.17, 15) is 8.42 Å². The molecule has 20 heavy (non-hydrogen) atoms. The van der Waals surface area contributed by atoms with Gasteiger partial charge in [-0.15, -0.1) is 0 Å². The average Bonchev–Trinajstić information content (AvgIpc) is 3.28. The van der Waals surface area contributed by atoms with Crippen LogP contribution in [0.25, 0.3) is 0 Å². The van der Waals surface area contributed by atoms with Gasteiger partial charge >= 0.3 is 0 Å². The van der Waals surface area contributed by atoms with Gasteiger partial charge in [0.15, 0.2) is 5.03 Å². The molecule has 0 saturated heterocycles. The van der Waals surface area contributed by atoms with Crippen LogP contribution in [0.3, 0.4) is 0 Å². The van der Waals surface area contributed by atoms with Gasteiger partial charge in [0.05, 0.1) is 0 Å². The lowest BCUT2D eigenvalue weighted by atomic mass is 10.3. The van der Waals surface area contributed by atoms with Crippen molar-refractivity contribution in [3.05, 3.63) is 23.9 Å². The van der Waals surface area contributed by atoms with Crippen LogP contribution in [0.15, 0.2) is 23.4 Å². The van der Waals surface area contributed by atoms with Gasteiger partial charge in [-0.1, -0.05) is 6.07 Å². The van der Waals surface area contributed by atoms with Crippen molar-refractivity contribution in [2.45, 2.75) is 43.4 Å². The minimum Gasteiger partial charge on any atom is -0.326 e. The van der Waals surface area contributed by atoms with E-state index < -0.39 is 10.0 Å². The molecule has 1 fully saturated rings. The Bertz CT molecular complexity index is 540. The van der Waals surface area contributed by atoms with E-state index in [4.69, 9.17) is 5.73 Å². The largest absolute Gasteiger partial charge is 0.326 e. The molecule has 1 atom stereocenters. The van der Waals surface area contributed by atoms with Crippen molar-refractivity contribution < 1.29 is 8.42 Å². The first-order valence-corrected chi connectivity index (χ1v) is 8.29. The van der Waals surface area contributed by atoms with Crippen molar-refractivity contribution in [1.29, 1.82) is 0 Å². The number of nitrogens with one attached hydrogen (secondary N) is 1. The highest BCUT2D eigenvalue weighted by Crippen LogP contribution is 2.26. The van der Waals surface area contributed by atoms with E-state index in [-0.39, 0.29) is 11.1 Å². The second-order valence-corrected chi connectivity index (χ2v) is 7.02. The molecule has 1 saturated carbocycles. The van der Waals surface area contributed by atoms with Gasteiger partial charge in [-0.25, -0.2) is 18.1 Å². The number of aromatic nitrogens is 1. The maximum atomic E-state index is 12.1. The van der Waals surface area contributed by atoms with Crippen molar-refractivity contribution >= 4 is 10.0 Å². The number of rotatable bonds is 7. The van der Waals surface area contributed by atoms with Crippen molar-refractivity contribution in [2.24, 2.45) is 5.73 Å². The van der Waals surface area contributed by atoms with Gasteiger partial charge in [0.25, 0.3) is 10.0 Å². The topological polar surface area (TPSA) is 88.3 Å². The predicted octanol–water partition coefficient (Wildman–Crippen LogP) is 0.301. The molecule has 7 heteroatoms. The third-order valence-corrected chi connectivity index (χ3v) is 5.03. The zero-order valence-corrected chi connectivity index (χ0v) is 12.7. The number of likely N-dealkylation sites (N-methyl/N-ethyl adjacent to an activating group) is 1. The lowest BCUT2D eigenvalue weighted by molar-refractivity contribution is 0.248. The first-order chi connectivity index (χ1) is 9.44. The summed E-state index contributed by atoms with van der Waals surface area (Å²) in [5, 5.41) is 0.0379. The Morgan fingerprint density at radius 3 is 2.70 bits per heavy atom. The molecule has 0 aromatic carbocycles. The highest BCUT2D eigenvalue weighted by Gasteiger charge is 2.29. The molecule has 1 unspecified atom stereocenters. The fourth-order valence-corrected chi connectivity index (χ4v) is 3.03. The van der Waals surface area contributed by atoms with E-state index in [0.29, 0.717) is 19.1 Å². The average molecular weight is 298 g/mol. The molecule has 1 aliphatic rings. The zero-order chi connectivity index (χ0) is 14.8. The second-order valence-electron chi connectivity index (χ2n) is 5.31. The lowest BCUT2D eigenvalue weighted by Gasteiger charge is -2.24. The van der Waals surface area contributed by atoms with Crippen LogP contribution in [0.1, 0.15) is 25.3 Å². The molecule has 0 amide bonds. The molecule has 0 aliphatic heterocycles. The Morgan fingerprint density at radius 2 is 2.20 bits per heavy atom. The van der Waals surface area contributed by atoms with Crippen LogP contribution >= 0.6 is 0 Å². The summed E-state index contributed by atoms with van der Waals surface area (Å²) in [6.45, 7) is 2.76. The summed E-state index contributed by atoms with van der Waals surface area (Å²) in [5.74, 6) is 0. The summed E-state index contributed by atoms with van der Waals surface area (Å²) in [4.78, 5) is 6.16. The summed E-state index contributed by atoms with van der Waals surface area (Å²) in [6, 6.07) is 3.94. The summed E-state index contributed by atoms with van der Waals surface area (Å²) in [7, 11) is -1.52. The maximum absolute atomic E-state index is 12.1. The summed E-state index contributed by atoms with van der Waals surface area (Å²) < 4.78 is 26.9. The Morgan fingerprint density at radius 1 is 1.50 bits per heavy atom. The number of sulfonamides is 1. The predicted molar refractivity (Wildman–Crippen MR) is 77.6 cm³/mol. The van der Waals surface area contributed by atoms with E-state index in [1.807, 2.05) is 14.0 Å². The third-order valence-electron chi connectivity index (χ3n) is 3.70. The molecule has 3 N–H and O–H groups in total. The molecule has 1 aromatic rings. The first-order valence-electron chi connectivity index (χ1n) is 6.80. The number of nitrogens with zero attached hydrogens (tertiary/aromatic N) is 2. The molecular weight excluding hydrogens is 276 g/mol. The fraction of sp³-hybridized carbons (Fsp3) is 0.615. The van der Waals surface area contributed by atoms with E-state index in [1.54, 1.807) is 6.07 Å². The molecule has 2 rings (SSSR count). The van der Waals surface area contributed by atoms with E-state index in [0.717, 1.165) is 5.56 Å². The van der Waals surface area contributed by atoms with Crippen molar-refractivity contribution in [2.75, 3.05) is 13.6 Å². The monoisotopic (exact) mass is 298 g/mol. The molecule has 0 radical (unpaired) electrons. The summed E-state index contributed by atoms with van der Waals surface area (Å²) in [5.41, 5.74) is 6.28. The normalized spacial score (nSPS) is 17.4. The fourth-order valence-electron chi connectivity index (χ4n) is 1.98. The van der Waals surface area contributed by atoms with Crippen LogP contribution < -0.4 is 10.5 Å². The van der Waals surface area contributed by atoms with Crippen LogP contribution in [0.2, 0.25) is 0 Å². The van der Waals surface area contributed by atoms with Gasteiger partial charge in [-0.2, -0.15) is 0 Å². The SMILES string of the molecule is CC(CNS(=O)(=O)c1ccc(CN)cn1)N(C)C1CC1. The molecule has 0 spiro atoms. The number of hydrogen-bond donors (Lipinski definition) is 2. The minimum atomic E-state index is -3.55. The van der Waals surface area contributed by atoms with Crippen LogP contribution in [0.4, 0.5) is 0 Å². The zero-order valence-electron chi connectivity index (χ0n) is 11.9. The summed E-state index contributed by atoms with van der Waals surface area (Å²) >= 11 is 0. The second kappa shape index (κ2) is 6.17. The van der Waals surface area contributed by atoms with E-state index >= 15 is 0 Å². The highest BCUT2D eigenvalue weighted by molar-refractivity contribution is 7.89. The highest BCUT2D eigenvalue weighted by atomic mass is 32.2. The van der Waals surface area contributed by atoms with Gasteiger partial charge < -0.3 is 5.73 Å². The molecule has 1 heterocycles. The van der Waals surface area contributed by atoms with Crippen molar-refractivity contribution in [1.82, 2.24) is 14.6 Å². The first kappa shape index (κ1) is 15.4. The lowest BCUT2D eigenvalue weighted by Crippen LogP contribution is -2.41. The van der Waals surface area contributed by atoms with Crippen LogP contribution in [0.5, 0.6) is 0 Å². The molecule has 1 aromatic heterocycles. The Balaban J connectivity index is 1.95. The Hall–Kier alpha value is -1.02. The third kappa shape index (κ3) is 3.76. The van der Waals surface area contributed by atoms with Gasteiger partial charge in [-0.3, -0.25) is 4.90 Å². The number of pyridine rings is 1.